The number of hydroxylamine groups is 2. The first-order valence-electron chi connectivity index (χ1n) is 3.44. The molecule has 0 aliphatic rings. The minimum absolute atomic E-state index is 0.125. The first-order chi connectivity index (χ1) is 5.33. The van der Waals surface area contributed by atoms with Crippen LogP contribution in [0, 0.1) is 0 Å². The summed E-state index contributed by atoms with van der Waals surface area (Å²) in [6.45, 7) is 3.56. The zero-order valence-corrected chi connectivity index (χ0v) is 7.95. The van der Waals surface area contributed by atoms with Crippen LogP contribution in [0.1, 0.15) is 20.3 Å². The van der Waals surface area contributed by atoms with Gasteiger partial charge in [0.15, 0.2) is 0 Å². The van der Waals surface area contributed by atoms with Gasteiger partial charge in [-0.1, -0.05) is 12.2 Å². The summed E-state index contributed by atoms with van der Waals surface area (Å²) in [6.07, 6.45) is 0.471. The molecule has 7 heteroatoms. The third-order valence-electron chi connectivity index (χ3n) is 0.745. The van der Waals surface area contributed by atoms with E-state index in [4.69, 9.17) is 15.0 Å². The van der Waals surface area contributed by atoms with E-state index >= 15 is 0 Å². The van der Waals surface area contributed by atoms with Gasteiger partial charge >= 0.3 is 0 Å². The van der Waals surface area contributed by atoms with Gasteiger partial charge in [-0.15, -0.1) is 0 Å². The number of hydrogen-bond donors (Lipinski definition) is 3. The normalized spacial score (nSPS) is 10.8. The van der Waals surface area contributed by atoms with E-state index < -0.39 is 10.1 Å². The van der Waals surface area contributed by atoms with E-state index in [1.165, 1.54) is 0 Å². The Morgan fingerprint density at radius 2 is 1.58 bits per heavy atom. The lowest BCUT2D eigenvalue weighted by Crippen LogP contribution is -2.10. The van der Waals surface area contributed by atoms with Crippen molar-refractivity contribution in [1.29, 1.82) is 0 Å². The second kappa shape index (κ2) is 7.44. The molecule has 0 fully saturated rings. The highest BCUT2D eigenvalue weighted by Gasteiger charge is 1.98. The lowest BCUT2D eigenvalue weighted by molar-refractivity contribution is -0.303. The van der Waals surface area contributed by atoms with Crippen molar-refractivity contribution in [3.63, 3.8) is 0 Å². The van der Waals surface area contributed by atoms with Gasteiger partial charge in [-0.3, -0.25) is 15.0 Å². The third kappa shape index (κ3) is 22.6. The Kier molecular flexibility index (Phi) is 8.88. The van der Waals surface area contributed by atoms with Crippen LogP contribution in [-0.2, 0) is 10.1 Å². The molecule has 0 aromatic heterocycles. The van der Waals surface area contributed by atoms with Gasteiger partial charge in [-0.2, -0.15) is 8.42 Å². The molecule has 0 aliphatic heterocycles. The van der Waals surface area contributed by atoms with Crippen molar-refractivity contribution in [1.82, 2.24) is 5.23 Å². The van der Waals surface area contributed by atoms with Gasteiger partial charge in [0.1, 0.15) is 0 Å². The van der Waals surface area contributed by atoms with Crippen LogP contribution in [0.4, 0.5) is 0 Å². The second-order valence-electron chi connectivity index (χ2n) is 1.97. The molecular weight excluding hydrogens is 186 g/mol. The molecule has 0 aromatic carbocycles. The molecule has 0 unspecified atom stereocenters. The van der Waals surface area contributed by atoms with Crippen molar-refractivity contribution >= 4 is 10.1 Å². The number of nitrogens with zero attached hydrogens (tertiary/aromatic N) is 1. The van der Waals surface area contributed by atoms with E-state index in [9.17, 15) is 8.42 Å². The SMILES string of the molecule is CCCS(=O)(=O)O.CCN(O)O. The van der Waals surface area contributed by atoms with Crippen molar-refractivity contribution < 1.29 is 23.4 Å². The van der Waals surface area contributed by atoms with Crippen LogP contribution in [0.25, 0.3) is 0 Å². The van der Waals surface area contributed by atoms with E-state index in [1.807, 2.05) is 0 Å². The first kappa shape index (κ1) is 14.3. The highest BCUT2D eigenvalue weighted by Crippen LogP contribution is 1.83. The molecule has 0 atom stereocenters. The molecule has 0 saturated carbocycles. The average Bonchev–Trinajstić information content (AvgIpc) is 1.86. The quantitative estimate of drug-likeness (QED) is 0.451. The van der Waals surface area contributed by atoms with Crippen LogP contribution in [0.3, 0.4) is 0 Å². The first-order valence-corrected chi connectivity index (χ1v) is 5.04. The predicted molar refractivity (Wildman–Crippen MR) is 42.7 cm³/mol. The van der Waals surface area contributed by atoms with Crippen molar-refractivity contribution in [2.75, 3.05) is 12.3 Å². The fourth-order valence-electron chi connectivity index (χ4n) is 0.258. The van der Waals surface area contributed by atoms with Gasteiger partial charge in [0, 0.05) is 6.54 Å². The molecule has 12 heavy (non-hydrogen) atoms. The maximum Gasteiger partial charge on any atom is 0.264 e. The Hall–Kier alpha value is -0.210. The van der Waals surface area contributed by atoms with Crippen molar-refractivity contribution in [2.24, 2.45) is 0 Å². The van der Waals surface area contributed by atoms with Gasteiger partial charge in [0.05, 0.1) is 5.75 Å². The van der Waals surface area contributed by atoms with Crippen LogP contribution in [0.2, 0.25) is 0 Å². The lowest BCUT2D eigenvalue weighted by atomic mass is 10.6. The topological polar surface area (TPSA) is 98.1 Å². The molecule has 0 spiro atoms. The summed E-state index contributed by atoms with van der Waals surface area (Å²) < 4.78 is 27.6. The Balaban J connectivity index is 0. The van der Waals surface area contributed by atoms with E-state index in [2.05, 4.69) is 0 Å². The molecule has 0 rings (SSSR count). The summed E-state index contributed by atoms with van der Waals surface area (Å²) in [5.41, 5.74) is 0. The molecule has 0 aromatic rings. The fraction of sp³-hybridized carbons (Fsp3) is 1.00. The maximum absolute atomic E-state index is 9.79. The van der Waals surface area contributed by atoms with Gasteiger partial charge in [0.2, 0.25) is 0 Å². The summed E-state index contributed by atoms with van der Waals surface area (Å²) >= 11 is 0. The molecular formula is C5H15NO5S. The Morgan fingerprint density at radius 3 is 1.58 bits per heavy atom. The molecule has 0 radical (unpaired) electrons. The fourth-order valence-corrected chi connectivity index (χ4v) is 0.774. The van der Waals surface area contributed by atoms with Crippen LogP contribution in [0.5, 0.6) is 0 Å². The lowest BCUT2D eigenvalue weighted by Gasteiger charge is -1.95. The third-order valence-corrected chi connectivity index (χ3v) is 1.67. The Labute approximate surface area is 72.1 Å². The molecule has 3 N–H and O–H groups in total. The largest absolute Gasteiger partial charge is 0.290 e. The van der Waals surface area contributed by atoms with Crippen LogP contribution < -0.4 is 0 Å². The molecule has 0 bridgehead atoms. The molecule has 0 aliphatic carbocycles. The zero-order valence-electron chi connectivity index (χ0n) is 7.13. The summed E-state index contributed by atoms with van der Waals surface area (Å²) in [5.74, 6) is -0.132. The average molecular weight is 201 g/mol. The molecule has 0 amide bonds. The summed E-state index contributed by atoms with van der Waals surface area (Å²) in [6, 6.07) is 0. The van der Waals surface area contributed by atoms with Crippen molar-refractivity contribution in [3.8, 4) is 0 Å². The number of hydrogen-bond acceptors (Lipinski definition) is 5. The maximum atomic E-state index is 9.79. The minimum Gasteiger partial charge on any atom is -0.290 e. The second-order valence-corrected chi connectivity index (χ2v) is 3.55. The summed E-state index contributed by atoms with van der Waals surface area (Å²) in [7, 11) is -3.67. The smallest absolute Gasteiger partial charge is 0.264 e. The summed E-state index contributed by atoms with van der Waals surface area (Å²) in [5, 5.41) is 15.6. The van der Waals surface area contributed by atoms with Crippen LogP contribution in [0.15, 0.2) is 0 Å². The predicted octanol–water partition coefficient (Wildman–Crippen LogP) is 0.371. The van der Waals surface area contributed by atoms with Gasteiger partial charge in [-0.05, 0) is 13.3 Å². The highest BCUT2D eigenvalue weighted by atomic mass is 32.2. The minimum atomic E-state index is -3.67. The van der Waals surface area contributed by atoms with Crippen LogP contribution in [-0.4, -0.2) is 40.9 Å². The molecule has 76 valence electrons. The van der Waals surface area contributed by atoms with E-state index in [1.54, 1.807) is 13.8 Å². The molecule has 0 heterocycles. The monoisotopic (exact) mass is 201 g/mol. The van der Waals surface area contributed by atoms with Gasteiger partial charge < -0.3 is 0 Å². The van der Waals surface area contributed by atoms with Crippen molar-refractivity contribution in [2.45, 2.75) is 20.3 Å². The standard InChI is InChI=1S/C3H8O3S.C2H7NO2/c1-2-3-7(4,5)6;1-2-3(4)5/h2-3H2,1H3,(H,4,5,6);4-5H,2H2,1H3. The zero-order chi connectivity index (χ0) is 10.2. The van der Waals surface area contributed by atoms with Gasteiger partial charge in [-0.25, -0.2) is 0 Å². The highest BCUT2D eigenvalue weighted by molar-refractivity contribution is 7.85. The van der Waals surface area contributed by atoms with E-state index in [-0.39, 0.29) is 17.5 Å². The van der Waals surface area contributed by atoms with E-state index in [0.717, 1.165) is 0 Å². The summed E-state index contributed by atoms with van der Waals surface area (Å²) in [4.78, 5) is 0. The van der Waals surface area contributed by atoms with Crippen molar-refractivity contribution in [3.05, 3.63) is 0 Å². The van der Waals surface area contributed by atoms with E-state index in [0.29, 0.717) is 6.42 Å². The Morgan fingerprint density at radius 1 is 1.25 bits per heavy atom. The number of rotatable bonds is 3. The molecule has 0 saturated heterocycles. The Bertz CT molecular complexity index is 176. The molecule has 6 nitrogen and oxygen atoms in total. The van der Waals surface area contributed by atoms with Crippen LogP contribution >= 0.6 is 0 Å². The van der Waals surface area contributed by atoms with Gasteiger partial charge in [0.25, 0.3) is 10.1 Å².